The molecular formula is C11H19NO3. The maximum Gasteiger partial charge on any atom is 0.340 e. The third kappa shape index (κ3) is 2.16. The molecule has 0 radical (unpaired) electrons. The van der Waals surface area contributed by atoms with E-state index in [9.17, 15) is 4.79 Å². The van der Waals surface area contributed by atoms with Gasteiger partial charge in [0.2, 0.25) is 0 Å². The molecule has 0 atom stereocenters. The number of hydrogen-bond acceptors (Lipinski definition) is 4. The summed E-state index contributed by atoms with van der Waals surface area (Å²) in [7, 11) is 0. The van der Waals surface area contributed by atoms with Crippen molar-refractivity contribution in [3.63, 3.8) is 0 Å². The Kier molecular flexibility index (Phi) is 3.26. The minimum atomic E-state index is -0.807. The number of carbonyl (C=O) groups excluding carboxylic acids is 1. The van der Waals surface area contributed by atoms with E-state index in [4.69, 9.17) is 15.5 Å². The Hall–Kier alpha value is -0.610. The van der Waals surface area contributed by atoms with Crippen molar-refractivity contribution in [3.8, 4) is 0 Å². The van der Waals surface area contributed by atoms with Gasteiger partial charge in [0.1, 0.15) is 0 Å². The van der Waals surface area contributed by atoms with Crippen molar-refractivity contribution >= 4 is 5.97 Å². The van der Waals surface area contributed by atoms with Gasteiger partial charge in [-0.25, -0.2) is 10.7 Å². The number of rotatable bonds is 4. The maximum absolute atomic E-state index is 11.7. The van der Waals surface area contributed by atoms with Crippen LogP contribution in [0.25, 0.3) is 0 Å². The van der Waals surface area contributed by atoms with E-state index in [0.29, 0.717) is 25.4 Å². The quantitative estimate of drug-likeness (QED) is 0.568. The van der Waals surface area contributed by atoms with Gasteiger partial charge in [0.05, 0.1) is 6.61 Å². The number of hydrogen-bond donors (Lipinski definition) is 1. The van der Waals surface area contributed by atoms with Crippen molar-refractivity contribution in [2.24, 2.45) is 11.8 Å². The van der Waals surface area contributed by atoms with Gasteiger partial charge in [-0.05, 0) is 38.0 Å². The standard InChI is InChI=1S/C11H19NO3/c12-15-11(6-3-7-11)10(13)14-8-9-4-1-2-5-9/h9H,1-8,12H2. The van der Waals surface area contributed by atoms with Crippen LogP contribution in [0.3, 0.4) is 0 Å². The van der Waals surface area contributed by atoms with Crippen LogP contribution in [0.2, 0.25) is 0 Å². The summed E-state index contributed by atoms with van der Waals surface area (Å²) in [5, 5.41) is 0. The molecule has 4 heteroatoms. The van der Waals surface area contributed by atoms with Crippen LogP contribution in [0, 0.1) is 5.92 Å². The number of carbonyl (C=O) groups is 1. The van der Waals surface area contributed by atoms with E-state index >= 15 is 0 Å². The van der Waals surface area contributed by atoms with Gasteiger partial charge in [0.25, 0.3) is 0 Å². The fraction of sp³-hybridized carbons (Fsp3) is 0.909. The molecule has 2 rings (SSSR count). The first-order valence-corrected chi connectivity index (χ1v) is 5.82. The zero-order valence-electron chi connectivity index (χ0n) is 9.04. The molecule has 2 saturated carbocycles. The molecule has 2 N–H and O–H groups in total. The monoisotopic (exact) mass is 213 g/mol. The van der Waals surface area contributed by atoms with E-state index in [1.807, 2.05) is 0 Å². The van der Waals surface area contributed by atoms with Crippen LogP contribution in [0.5, 0.6) is 0 Å². The topological polar surface area (TPSA) is 61.5 Å². The largest absolute Gasteiger partial charge is 0.463 e. The molecule has 2 fully saturated rings. The Morgan fingerprint density at radius 2 is 1.93 bits per heavy atom. The molecule has 0 heterocycles. The minimum Gasteiger partial charge on any atom is -0.463 e. The van der Waals surface area contributed by atoms with E-state index in [2.05, 4.69) is 0 Å². The van der Waals surface area contributed by atoms with Crippen molar-refractivity contribution in [3.05, 3.63) is 0 Å². The van der Waals surface area contributed by atoms with Crippen LogP contribution in [-0.4, -0.2) is 18.2 Å². The number of nitrogens with two attached hydrogens (primary N) is 1. The summed E-state index contributed by atoms with van der Waals surface area (Å²) in [6, 6.07) is 0. The maximum atomic E-state index is 11.7. The molecular weight excluding hydrogens is 194 g/mol. The van der Waals surface area contributed by atoms with Gasteiger partial charge in [-0.1, -0.05) is 12.8 Å². The zero-order valence-corrected chi connectivity index (χ0v) is 9.04. The van der Waals surface area contributed by atoms with Gasteiger partial charge in [-0.15, -0.1) is 0 Å². The van der Waals surface area contributed by atoms with Crippen LogP contribution in [0.15, 0.2) is 0 Å². The first kappa shape index (κ1) is 10.9. The Labute approximate surface area is 90.1 Å². The summed E-state index contributed by atoms with van der Waals surface area (Å²) < 4.78 is 5.28. The summed E-state index contributed by atoms with van der Waals surface area (Å²) in [5.74, 6) is 5.45. The van der Waals surface area contributed by atoms with Crippen molar-refractivity contribution < 1.29 is 14.4 Å². The van der Waals surface area contributed by atoms with Crippen molar-refractivity contribution in [1.29, 1.82) is 0 Å². The van der Waals surface area contributed by atoms with Gasteiger partial charge in [0.15, 0.2) is 5.60 Å². The van der Waals surface area contributed by atoms with Gasteiger partial charge in [0, 0.05) is 0 Å². The molecule has 86 valence electrons. The zero-order chi connectivity index (χ0) is 10.7. The first-order chi connectivity index (χ1) is 7.27. The van der Waals surface area contributed by atoms with Gasteiger partial charge in [-0.2, -0.15) is 0 Å². The van der Waals surface area contributed by atoms with E-state index in [-0.39, 0.29) is 5.97 Å². The highest BCUT2D eigenvalue weighted by Gasteiger charge is 2.47. The number of esters is 1. The lowest BCUT2D eigenvalue weighted by Crippen LogP contribution is -2.50. The van der Waals surface area contributed by atoms with Crippen molar-refractivity contribution in [2.45, 2.75) is 50.5 Å². The van der Waals surface area contributed by atoms with Crippen molar-refractivity contribution in [2.75, 3.05) is 6.61 Å². The Balaban J connectivity index is 1.76. The molecule has 0 aromatic carbocycles. The van der Waals surface area contributed by atoms with Gasteiger partial charge >= 0.3 is 5.97 Å². The second kappa shape index (κ2) is 4.49. The molecule has 0 aliphatic heterocycles. The van der Waals surface area contributed by atoms with E-state index < -0.39 is 5.60 Å². The average Bonchev–Trinajstić information content (AvgIpc) is 2.66. The normalized spacial score (nSPS) is 24.9. The molecule has 0 unspecified atom stereocenters. The molecule has 0 spiro atoms. The fourth-order valence-electron chi connectivity index (χ4n) is 2.37. The molecule has 2 aliphatic carbocycles. The second-order valence-corrected chi connectivity index (χ2v) is 4.71. The third-order valence-electron chi connectivity index (χ3n) is 3.68. The third-order valence-corrected chi connectivity index (χ3v) is 3.68. The molecule has 2 aliphatic rings. The van der Waals surface area contributed by atoms with Gasteiger partial charge < -0.3 is 4.74 Å². The lowest BCUT2D eigenvalue weighted by atomic mass is 9.80. The van der Waals surface area contributed by atoms with E-state index in [1.54, 1.807) is 0 Å². The summed E-state index contributed by atoms with van der Waals surface area (Å²) in [5.41, 5.74) is -0.807. The Morgan fingerprint density at radius 3 is 2.40 bits per heavy atom. The lowest BCUT2D eigenvalue weighted by Gasteiger charge is -2.36. The summed E-state index contributed by atoms with van der Waals surface area (Å²) >= 11 is 0. The minimum absolute atomic E-state index is 0.261. The predicted molar refractivity (Wildman–Crippen MR) is 54.8 cm³/mol. The second-order valence-electron chi connectivity index (χ2n) is 4.71. The molecule has 15 heavy (non-hydrogen) atoms. The highest BCUT2D eigenvalue weighted by atomic mass is 16.7. The van der Waals surface area contributed by atoms with E-state index in [1.165, 1.54) is 25.7 Å². The summed E-state index contributed by atoms with van der Waals surface area (Å²) in [6.07, 6.45) is 7.30. The highest BCUT2D eigenvalue weighted by Crippen LogP contribution is 2.36. The predicted octanol–water partition coefficient (Wildman–Crippen LogP) is 1.53. The van der Waals surface area contributed by atoms with Crippen LogP contribution in [0.4, 0.5) is 0 Å². The average molecular weight is 213 g/mol. The fourth-order valence-corrected chi connectivity index (χ4v) is 2.37. The summed E-state index contributed by atoms with van der Waals surface area (Å²) in [4.78, 5) is 16.5. The molecule has 4 nitrogen and oxygen atoms in total. The molecule has 0 bridgehead atoms. The molecule has 0 aromatic rings. The Morgan fingerprint density at radius 1 is 1.27 bits per heavy atom. The Bertz CT molecular complexity index is 226. The number of ether oxygens (including phenoxy) is 1. The highest BCUT2D eigenvalue weighted by molar-refractivity contribution is 5.80. The smallest absolute Gasteiger partial charge is 0.340 e. The SMILES string of the molecule is NOC1(C(=O)OCC2CCCC2)CCC1. The first-order valence-electron chi connectivity index (χ1n) is 5.82. The molecule has 0 saturated heterocycles. The summed E-state index contributed by atoms with van der Waals surface area (Å²) in [6.45, 7) is 0.546. The van der Waals surface area contributed by atoms with Crippen LogP contribution in [0.1, 0.15) is 44.9 Å². The van der Waals surface area contributed by atoms with Crippen molar-refractivity contribution in [1.82, 2.24) is 0 Å². The van der Waals surface area contributed by atoms with Crippen LogP contribution >= 0.6 is 0 Å². The molecule has 0 amide bonds. The lowest BCUT2D eigenvalue weighted by molar-refractivity contribution is -0.187. The van der Waals surface area contributed by atoms with Gasteiger partial charge in [-0.3, -0.25) is 4.84 Å². The molecule has 0 aromatic heterocycles. The van der Waals surface area contributed by atoms with Crippen LogP contribution in [-0.2, 0) is 14.4 Å². The van der Waals surface area contributed by atoms with E-state index in [0.717, 1.165) is 6.42 Å². The van der Waals surface area contributed by atoms with Crippen LogP contribution < -0.4 is 5.90 Å².